The first-order valence-electron chi connectivity index (χ1n) is 9.65. The van der Waals surface area contributed by atoms with Gasteiger partial charge in [0.25, 0.3) is 5.91 Å². The molecule has 1 atom stereocenters. The number of cyclic esters (lactones) is 1. The molecular weight excluding hydrogens is 400 g/mol. The van der Waals surface area contributed by atoms with Crippen LogP contribution in [0.5, 0.6) is 0 Å². The Morgan fingerprint density at radius 3 is 2.77 bits per heavy atom. The fourth-order valence-electron chi connectivity index (χ4n) is 3.41. The van der Waals surface area contributed by atoms with Crippen molar-refractivity contribution in [3.8, 4) is 11.3 Å². The average molecular weight is 423 g/mol. The Balaban J connectivity index is 1.46. The summed E-state index contributed by atoms with van der Waals surface area (Å²) in [7, 11) is 1.69. The van der Waals surface area contributed by atoms with Gasteiger partial charge in [0.2, 0.25) is 0 Å². The highest BCUT2D eigenvalue weighted by Gasteiger charge is 2.42. The fourth-order valence-corrected chi connectivity index (χ4v) is 4.13. The first-order valence-corrected chi connectivity index (χ1v) is 10.5. The monoisotopic (exact) mass is 422 g/mol. The van der Waals surface area contributed by atoms with Gasteiger partial charge in [-0.25, -0.2) is 9.78 Å². The summed E-state index contributed by atoms with van der Waals surface area (Å²) in [6.45, 7) is 2.31. The van der Waals surface area contributed by atoms with Gasteiger partial charge in [-0.05, 0) is 30.5 Å². The highest BCUT2D eigenvalue weighted by molar-refractivity contribution is 7.14. The van der Waals surface area contributed by atoms with Crippen molar-refractivity contribution in [2.45, 2.75) is 25.4 Å². The fraction of sp³-hybridized carbons (Fsp3) is 0.261. The molecule has 1 aliphatic heterocycles. The third-order valence-corrected chi connectivity index (χ3v) is 5.89. The summed E-state index contributed by atoms with van der Waals surface area (Å²) in [5.74, 6) is -0.871. The van der Waals surface area contributed by atoms with Crippen LogP contribution in [0.15, 0.2) is 53.9 Å². The zero-order valence-electron chi connectivity index (χ0n) is 16.8. The number of methoxy groups -OCH3 is 1. The Morgan fingerprint density at radius 2 is 2.00 bits per heavy atom. The predicted octanol–water partition coefficient (Wildman–Crippen LogP) is 4.11. The molecule has 0 saturated carbocycles. The van der Waals surface area contributed by atoms with E-state index in [-0.39, 0.29) is 5.91 Å². The van der Waals surface area contributed by atoms with Crippen molar-refractivity contribution in [3.05, 3.63) is 70.6 Å². The topological polar surface area (TPSA) is 77.5 Å². The lowest BCUT2D eigenvalue weighted by Gasteiger charge is -2.32. The number of fused-ring (bicyclic) bond motifs is 1. The summed E-state index contributed by atoms with van der Waals surface area (Å²) in [4.78, 5) is 29.7. The molecule has 3 aromatic rings. The molecule has 0 fully saturated rings. The molecule has 2 heterocycles. The lowest BCUT2D eigenvalue weighted by atomic mass is 9.89. The Hall–Kier alpha value is -3.03. The number of thiazole rings is 1. The Kier molecular flexibility index (Phi) is 5.65. The number of rotatable bonds is 6. The van der Waals surface area contributed by atoms with E-state index in [4.69, 9.17) is 9.47 Å². The second-order valence-electron chi connectivity index (χ2n) is 7.39. The van der Waals surface area contributed by atoms with Crippen molar-refractivity contribution < 1.29 is 19.1 Å². The maximum atomic E-state index is 12.9. The Bertz CT molecular complexity index is 1080. The van der Waals surface area contributed by atoms with Crippen LogP contribution in [0.25, 0.3) is 11.3 Å². The third-order valence-electron chi connectivity index (χ3n) is 5.13. The predicted molar refractivity (Wildman–Crippen MR) is 116 cm³/mol. The molecule has 1 aromatic heterocycles. The maximum absolute atomic E-state index is 12.9. The van der Waals surface area contributed by atoms with Crippen LogP contribution in [0.4, 0.5) is 5.13 Å². The van der Waals surface area contributed by atoms with E-state index in [0.717, 1.165) is 23.2 Å². The lowest BCUT2D eigenvalue weighted by Crippen LogP contribution is -2.48. The summed E-state index contributed by atoms with van der Waals surface area (Å²) < 4.78 is 10.6. The van der Waals surface area contributed by atoms with Crippen LogP contribution in [-0.4, -0.2) is 36.2 Å². The Labute approximate surface area is 178 Å². The molecule has 4 rings (SSSR count). The molecule has 0 radical (unpaired) electrons. The molecule has 30 heavy (non-hydrogen) atoms. The van der Waals surface area contributed by atoms with Gasteiger partial charge in [0.15, 0.2) is 10.7 Å². The van der Waals surface area contributed by atoms with Crippen LogP contribution >= 0.6 is 11.3 Å². The van der Waals surface area contributed by atoms with Crippen molar-refractivity contribution in [1.29, 1.82) is 0 Å². The summed E-state index contributed by atoms with van der Waals surface area (Å²) in [6, 6.07) is 15.3. The van der Waals surface area contributed by atoms with Crippen molar-refractivity contribution >= 4 is 28.3 Å². The van der Waals surface area contributed by atoms with Crippen LogP contribution < -0.4 is 5.32 Å². The smallest absolute Gasteiger partial charge is 0.339 e. The number of hydrogen-bond donors (Lipinski definition) is 1. The van der Waals surface area contributed by atoms with E-state index in [9.17, 15) is 9.59 Å². The van der Waals surface area contributed by atoms with Gasteiger partial charge < -0.3 is 9.47 Å². The van der Waals surface area contributed by atoms with Crippen molar-refractivity contribution in [2.24, 2.45) is 0 Å². The number of amides is 1. The minimum Gasteiger partial charge on any atom is -0.445 e. The first kappa shape index (κ1) is 20.3. The zero-order valence-corrected chi connectivity index (χ0v) is 17.6. The average Bonchev–Trinajstić information content (AvgIpc) is 3.21. The largest absolute Gasteiger partial charge is 0.445 e. The number of anilines is 1. The minimum absolute atomic E-state index is 0.321. The summed E-state index contributed by atoms with van der Waals surface area (Å²) in [5.41, 5.74) is 2.98. The number of ether oxygens (including phenoxy) is 2. The second-order valence-corrected chi connectivity index (χ2v) is 8.24. The number of hydrogen-bond acceptors (Lipinski definition) is 6. The summed E-state index contributed by atoms with van der Waals surface area (Å²) in [6.07, 6.45) is 1.18. The molecule has 0 spiro atoms. The molecule has 0 bridgehead atoms. The van der Waals surface area contributed by atoms with Gasteiger partial charge in [-0.3, -0.25) is 10.1 Å². The molecule has 0 aliphatic carbocycles. The summed E-state index contributed by atoms with van der Waals surface area (Å²) >= 11 is 1.34. The molecule has 154 valence electrons. The van der Waals surface area contributed by atoms with Crippen LogP contribution in [0, 0.1) is 0 Å². The minimum atomic E-state index is -1.28. The van der Waals surface area contributed by atoms with Gasteiger partial charge in [0, 0.05) is 24.5 Å². The van der Waals surface area contributed by atoms with Gasteiger partial charge in [-0.15, -0.1) is 11.3 Å². The van der Waals surface area contributed by atoms with E-state index in [1.165, 1.54) is 16.9 Å². The van der Waals surface area contributed by atoms with Crippen molar-refractivity contribution in [1.82, 2.24) is 4.98 Å². The highest BCUT2D eigenvalue weighted by Crippen LogP contribution is 2.31. The van der Waals surface area contributed by atoms with Crippen molar-refractivity contribution in [3.63, 3.8) is 0 Å². The van der Waals surface area contributed by atoms with Gasteiger partial charge in [0.05, 0.1) is 17.9 Å². The summed E-state index contributed by atoms with van der Waals surface area (Å²) in [5, 5.41) is 5.17. The molecule has 1 N–H and O–H groups in total. The van der Waals surface area contributed by atoms with E-state index < -0.39 is 11.6 Å². The third kappa shape index (κ3) is 4.13. The van der Waals surface area contributed by atoms with Crippen LogP contribution in [-0.2, 0) is 27.1 Å². The van der Waals surface area contributed by atoms with E-state index in [1.807, 2.05) is 41.8 Å². The van der Waals surface area contributed by atoms with Crippen molar-refractivity contribution in [2.75, 3.05) is 19.0 Å². The van der Waals surface area contributed by atoms with Gasteiger partial charge in [0.1, 0.15) is 0 Å². The number of benzene rings is 2. The van der Waals surface area contributed by atoms with Gasteiger partial charge in [-0.2, -0.15) is 0 Å². The standard InChI is InChI=1S/C23H22N2O4S/c1-23(13-17-5-3-4-6-18(17)20(26)29-23)21(27)25-22-24-19(14-30-22)16-9-7-15(8-10-16)11-12-28-2/h3-10,14H,11-13H2,1-2H3,(H,24,25,27). The SMILES string of the molecule is COCCc1ccc(-c2csc(NC(=O)C3(C)Cc4ccccc4C(=O)O3)n2)cc1. The number of esters is 1. The highest BCUT2D eigenvalue weighted by atomic mass is 32.1. The van der Waals surface area contributed by atoms with E-state index in [0.29, 0.717) is 23.7 Å². The molecule has 1 aliphatic rings. The number of aromatic nitrogens is 1. The quantitative estimate of drug-likeness (QED) is 0.605. The number of nitrogens with zero attached hydrogens (tertiary/aromatic N) is 1. The van der Waals surface area contributed by atoms with Gasteiger partial charge >= 0.3 is 5.97 Å². The molecule has 2 aromatic carbocycles. The van der Waals surface area contributed by atoms with Crippen LogP contribution in [0.3, 0.4) is 0 Å². The zero-order chi connectivity index (χ0) is 21.1. The van der Waals surface area contributed by atoms with Crippen LogP contribution in [0.2, 0.25) is 0 Å². The number of carbonyl (C=O) groups is 2. The van der Waals surface area contributed by atoms with E-state index in [1.54, 1.807) is 26.2 Å². The maximum Gasteiger partial charge on any atom is 0.339 e. The molecule has 6 nitrogen and oxygen atoms in total. The molecule has 1 unspecified atom stereocenters. The van der Waals surface area contributed by atoms with E-state index in [2.05, 4.69) is 10.3 Å². The Morgan fingerprint density at radius 1 is 1.23 bits per heavy atom. The van der Waals surface area contributed by atoms with Gasteiger partial charge in [-0.1, -0.05) is 42.5 Å². The second kappa shape index (κ2) is 8.38. The normalized spacial score (nSPS) is 17.9. The number of nitrogens with one attached hydrogen (secondary N) is 1. The lowest BCUT2D eigenvalue weighted by molar-refractivity contribution is -0.134. The van der Waals surface area contributed by atoms with Crippen LogP contribution in [0.1, 0.15) is 28.4 Å². The first-order chi connectivity index (χ1) is 14.5. The molecule has 7 heteroatoms. The molecule has 0 saturated heterocycles. The molecule has 1 amide bonds. The van der Waals surface area contributed by atoms with E-state index >= 15 is 0 Å². The number of carbonyl (C=O) groups excluding carboxylic acids is 2. The molecular formula is C23H22N2O4S.